The van der Waals surface area contributed by atoms with E-state index < -0.39 is 16.0 Å². The van der Waals surface area contributed by atoms with Gasteiger partial charge in [0.15, 0.2) is 0 Å². The lowest BCUT2D eigenvalue weighted by Gasteiger charge is -2.31. The van der Waals surface area contributed by atoms with Crippen LogP contribution in [0.25, 0.3) is 0 Å². The zero-order valence-corrected chi connectivity index (χ0v) is 16.2. The van der Waals surface area contributed by atoms with Gasteiger partial charge in [0.25, 0.3) is 0 Å². The number of ether oxygens (including phenoxy) is 1. The van der Waals surface area contributed by atoms with Gasteiger partial charge in [-0.05, 0) is 38.3 Å². The fourth-order valence-corrected chi connectivity index (χ4v) is 4.58. The summed E-state index contributed by atoms with van der Waals surface area (Å²) < 4.78 is 31.9. The molecule has 2 rings (SSSR count). The van der Waals surface area contributed by atoms with Gasteiger partial charge < -0.3 is 10.1 Å². The van der Waals surface area contributed by atoms with Gasteiger partial charge in [0, 0.05) is 25.0 Å². The number of rotatable bonds is 6. The van der Waals surface area contributed by atoms with E-state index in [1.54, 1.807) is 12.1 Å². The zero-order valence-electron chi connectivity index (χ0n) is 15.4. The summed E-state index contributed by atoms with van der Waals surface area (Å²) in [5.41, 5.74) is 0.0200. The third-order valence-electron chi connectivity index (χ3n) is 4.74. The average Bonchev–Trinajstić information content (AvgIpc) is 2.67. The molecule has 1 saturated heterocycles. The molecule has 0 unspecified atom stereocenters. The lowest BCUT2D eigenvalue weighted by atomic mass is 9.97. The van der Waals surface area contributed by atoms with Gasteiger partial charge in [-0.15, -0.1) is 0 Å². The first-order valence-electron chi connectivity index (χ1n) is 8.79. The number of hydrogen-bond acceptors (Lipinski definition) is 5. The summed E-state index contributed by atoms with van der Waals surface area (Å²) in [6.45, 7) is 4.44. The Hall–Kier alpha value is -1.93. The van der Waals surface area contributed by atoms with E-state index in [4.69, 9.17) is 0 Å². The highest BCUT2D eigenvalue weighted by Crippen LogP contribution is 2.26. The van der Waals surface area contributed by atoms with E-state index in [0.29, 0.717) is 12.8 Å². The maximum Gasteiger partial charge on any atom is 0.339 e. The fraction of sp³-hybridized carbons (Fsp3) is 0.556. The average molecular weight is 382 g/mol. The fourth-order valence-electron chi connectivity index (χ4n) is 2.93. The molecule has 144 valence electrons. The summed E-state index contributed by atoms with van der Waals surface area (Å²) in [5.74, 6) is -0.898. The number of benzene rings is 1. The molecule has 1 aliphatic heterocycles. The Labute approximate surface area is 154 Å². The zero-order chi connectivity index (χ0) is 19.3. The molecule has 0 aliphatic carbocycles. The maximum atomic E-state index is 12.9. The van der Waals surface area contributed by atoms with Crippen molar-refractivity contribution in [1.29, 1.82) is 0 Å². The molecular formula is C18H26N2O5S. The third kappa shape index (κ3) is 4.42. The number of hydrogen-bond donors (Lipinski definition) is 1. The minimum absolute atomic E-state index is 0.0200. The second-order valence-electron chi connectivity index (χ2n) is 6.48. The molecule has 1 aliphatic rings. The lowest BCUT2D eigenvalue weighted by molar-refractivity contribution is -0.126. The van der Waals surface area contributed by atoms with Crippen molar-refractivity contribution in [2.75, 3.05) is 20.2 Å². The Morgan fingerprint density at radius 2 is 1.88 bits per heavy atom. The van der Waals surface area contributed by atoms with Crippen molar-refractivity contribution in [3.05, 3.63) is 29.8 Å². The topological polar surface area (TPSA) is 92.8 Å². The van der Waals surface area contributed by atoms with E-state index in [0.717, 1.165) is 6.42 Å². The normalized spacial score (nSPS) is 17.5. The van der Waals surface area contributed by atoms with E-state index in [-0.39, 0.29) is 41.4 Å². The van der Waals surface area contributed by atoms with E-state index >= 15 is 0 Å². The van der Waals surface area contributed by atoms with Crippen LogP contribution in [0.15, 0.2) is 29.2 Å². The molecule has 7 nitrogen and oxygen atoms in total. The molecule has 1 atom stereocenters. The van der Waals surface area contributed by atoms with Crippen LogP contribution in [0.5, 0.6) is 0 Å². The van der Waals surface area contributed by atoms with Crippen LogP contribution in [0.4, 0.5) is 0 Å². The van der Waals surface area contributed by atoms with Crippen molar-refractivity contribution in [2.24, 2.45) is 5.92 Å². The summed E-state index contributed by atoms with van der Waals surface area (Å²) >= 11 is 0. The highest BCUT2D eigenvalue weighted by atomic mass is 32.2. The van der Waals surface area contributed by atoms with Gasteiger partial charge in [-0.25, -0.2) is 13.2 Å². The molecule has 8 heteroatoms. The predicted octanol–water partition coefficient (Wildman–Crippen LogP) is 1.79. The first-order chi connectivity index (χ1) is 12.3. The van der Waals surface area contributed by atoms with Gasteiger partial charge >= 0.3 is 5.97 Å². The number of nitrogens with one attached hydrogen (secondary N) is 1. The van der Waals surface area contributed by atoms with Crippen LogP contribution in [0.3, 0.4) is 0 Å². The summed E-state index contributed by atoms with van der Waals surface area (Å²) in [4.78, 5) is 24.1. The maximum absolute atomic E-state index is 12.9. The SMILES string of the molecule is CC[C@@H](C)NC(=O)C1CCN(S(=O)(=O)c2ccccc2C(=O)OC)CC1. The van der Waals surface area contributed by atoms with Crippen LogP contribution in [-0.4, -0.2) is 50.8 Å². The number of sulfonamides is 1. The summed E-state index contributed by atoms with van der Waals surface area (Å²) in [6.07, 6.45) is 1.77. The summed E-state index contributed by atoms with van der Waals surface area (Å²) in [7, 11) is -2.61. The molecule has 1 fully saturated rings. The number of nitrogens with zero attached hydrogens (tertiary/aromatic N) is 1. The second-order valence-corrected chi connectivity index (χ2v) is 8.39. The van der Waals surface area contributed by atoms with Crippen molar-refractivity contribution in [1.82, 2.24) is 9.62 Å². The quantitative estimate of drug-likeness (QED) is 0.757. The number of carbonyl (C=O) groups is 2. The molecule has 0 bridgehead atoms. The first-order valence-corrected chi connectivity index (χ1v) is 10.2. The van der Waals surface area contributed by atoms with Gasteiger partial charge in [-0.1, -0.05) is 19.1 Å². The molecule has 1 aromatic rings. The molecule has 0 radical (unpaired) electrons. The van der Waals surface area contributed by atoms with Gasteiger partial charge in [-0.2, -0.15) is 4.31 Å². The predicted molar refractivity (Wildman–Crippen MR) is 97.2 cm³/mol. The number of amides is 1. The molecule has 0 saturated carbocycles. The van der Waals surface area contributed by atoms with E-state index in [1.165, 1.54) is 23.5 Å². The molecule has 1 N–H and O–H groups in total. The largest absolute Gasteiger partial charge is 0.465 e. The van der Waals surface area contributed by atoms with Crippen molar-refractivity contribution >= 4 is 21.9 Å². The van der Waals surface area contributed by atoms with Crippen LogP contribution >= 0.6 is 0 Å². The molecule has 1 aromatic carbocycles. The Kier molecular flexibility index (Phi) is 6.77. The first kappa shape index (κ1) is 20.4. The highest BCUT2D eigenvalue weighted by Gasteiger charge is 2.34. The Morgan fingerprint density at radius 3 is 2.46 bits per heavy atom. The minimum Gasteiger partial charge on any atom is -0.465 e. The third-order valence-corrected chi connectivity index (χ3v) is 6.69. The number of esters is 1. The van der Waals surface area contributed by atoms with Crippen LogP contribution in [0.1, 0.15) is 43.5 Å². The standard InChI is InChI=1S/C18H26N2O5S/c1-4-13(2)19-17(21)14-9-11-20(12-10-14)26(23,24)16-8-6-5-7-15(16)18(22)25-3/h5-8,13-14H,4,9-12H2,1-3H3,(H,19,21)/t13-/m1/s1. The van der Waals surface area contributed by atoms with Crippen molar-refractivity contribution in [2.45, 2.75) is 44.0 Å². The van der Waals surface area contributed by atoms with E-state index in [2.05, 4.69) is 10.1 Å². The van der Waals surface area contributed by atoms with Crippen molar-refractivity contribution < 1.29 is 22.7 Å². The van der Waals surface area contributed by atoms with Gasteiger partial charge in [-0.3, -0.25) is 4.79 Å². The second kappa shape index (κ2) is 8.64. The molecule has 0 aromatic heterocycles. The number of piperidine rings is 1. The highest BCUT2D eigenvalue weighted by molar-refractivity contribution is 7.89. The van der Waals surface area contributed by atoms with Crippen LogP contribution in [0, 0.1) is 5.92 Å². The molecule has 26 heavy (non-hydrogen) atoms. The Bertz CT molecular complexity index is 755. The monoisotopic (exact) mass is 382 g/mol. The number of methoxy groups -OCH3 is 1. The van der Waals surface area contributed by atoms with Gasteiger partial charge in [0.05, 0.1) is 17.6 Å². The van der Waals surface area contributed by atoms with Gasteiger partial charge in [0.1, 0.15) is 0 Å². The van der Waals surface area contributed by atoms with E-state index in [1.807, 2.05) is 13.8 Å². The van der Waals surface area contributed by atoms with Crippen molar-refractivity contribution in [3.8, 4) is 0 Å². The van der Waals surface area contributed by atoms with Gasteiger partial charge in [0.2, 0.25) is 15.9 Å². The van der Waals surface area contributed by atoms with Crippen LogP contribution in [0.2, 0.25) is 0 Å². The Balaban J connectivity index is 2.12. The Morgan fingerprint density at radius 1 is 1.27 bits per heavy atom. The summed E-state index contributed by atoms with van der Waals surface area (Å²) in [5, 5.41) is 2.95. The van der Waals surface area contributed by atoms with Crippen LogP contribution < -0.4 is 5.32 Å². The molecular weight excluding hydrogens is 356 g/mol. The van der Waals surface area contributed by atoms with Crippen molar-refractivity contribution in [3.63, 3.8) is 0 Å². The van der Waals surface area contributed by atoms with E-state index in [9.17, 15) is 18.0 Å². The molecule has 0 spiro atoms. The molecule has 1 heterocycles. The smallest absolute Gasteiger partial charge is 0.339 e. The minimum atomic E-state index is -3.82. The number of carbonyl (C=O) groups excluding carboxylic acids is 2. The lowest BCUT2D eigenvalue weighted by Crippen LogP contribution is -2.44. The molecule has 1 amide bonds. The van der Waals surface area contributed by atoms with Crippen LogP contribution in [-0.2, 0) is 19.6 Å². The summed E-state index contributed by atoms with van der Waals surface area (Å²) in [6, 6.07) is 6.12.